The summed E-state index contributed by atoms with van der Waals surface area (Å²) in [7, 11) is 0. The fourth-order valence-electron chi connectivity index (χ4n) is 3.96. The number of hydrogen-bond donors (Lipinski definition) is 1. The van der Waals surface area contributed by atoms with Crippen LogP contribution in [0.2, 0.25) is 0 Å². The third-order valence-corrected chi connectivity index (χ3v) is 5.84. The SMILES string of the molecule is C[C@H](C(=O)N1CCCCC1)N1CCN(Cc2nc(C3CC3)n[nH]2)CC1. The standard InChI is InChI=1S/C18H30N6O/c1-14(18(25)24-7-3-2-4-8-24)23-11-9-22(10-12-23)13-16-19-17(21-20-16)15-5-6-15/h14-15H,2-13H2,1H3,(H,19,20,21)/t14-/m1/s1. The van der Waals surface area contributed by atoms with Crippen molar-refractivity contribution in [3.63, 3.8) is 0 Å². The molecular formula is C18H30N6O. The maximum Gasteiger partial charge on any atom is 0.239 e. The van der Waals surface area contributed by atoms with Gasteiger partial charge in [0.15, 0.2) is 5.82 Å². The van der Waals surface area contributed by atoms with Gasteiger partial charge in [0.25, 0.3) is 0 Å². The molecule has 1 aromatic heterocycles. The van der Waals surface area contributed by atoms with E-state index >= 15 is 0 Å². The van der Waals surface area contributed by atoms with Crippen LogP contribution in [-0.4, -0.2) is 81.1 Å². The van der Waals surface area contributed by atoms with E-state index in [1.165, 1.54) is 19.3 Å². The molecule has 1 N–H and O–H groups in total. The Hall–Kier alpha value is -1.47. The summed E-state index contributed by atoms with van der Waals surface area (Å²) in [6.45, 7) is 8.66. The number of aromatic nitrogens is 3. The van der Waals surface area contributed by atoms with Gasteiger partial charge in [-0.15, -0.1) is 0 Å². The third kappa shape index (κ3) is 4.03. The number of nitrogens with zero attached hydrogens (tertiary/aromatic N) is 5. The van der Waals surface area contributed by atoms with Crippen molar-refractivity contribution in [2.45, 2.75) is 57.5 Å². The second-order valence-electron chi connectivity index (χ2n) is 7.79. The molecule has 2 saturated heterocycles. The molecule has 1 aromatic rings. The van der Waals surface area contributed by atoms with E-state index in [4.69, 9.17) is 0 Å². The van der Waals surface area contributed by atoms with Crippen LogP contribution in [0.4, 0.5) is 0 Å². The Labute approximate surface area is 149 Å². The predicted molar refractivity (Wildman–Crippen MR) is 95.1 cm³/mol. The minimum atomic E-state index is 0.00648. The van der Waals surface area contributed by atoms with Gasteiger partial charge in [0.2, 0.25) is 5.91 Å². The second-order valence-corrected chi connectivity index (χ2v) is 7.79. The monoisotopic (exact) mass is 346 g/mol. The Morgan fingerprint density at radius 3 is 2.52 bits per heavy atom. The van der Waals surface area contributed by atoms with Gasteiger partial charge in [-0.05, 0) is 39.0 Å². The molecule has 2 aliphatic heterocycles. The lowest BCUT2D eigenvalue weighted by Crippen LogP contribution is -2.54. The number of H-pyrrole nitrogens is 1. The molecule has 3 heterocycles. The lowest BCUT2D eigenvalue weighted by atomic mass is 10.1. The lowest BCUT2D eigenvalue weighted by molar-refractivity contribution is -0.138. The first kappa shape index (κ1) is 17.0. The largest absolute Gasteiger partial charge is 0.341 e. The highest BCUT2D eigenvalue weighted by Gasteiger charge is 2.30. The summed E-state index contributed by atoms with van der Waals surface area (Å²) in [5.41, 5.74) is 0. The van der Waals surface area contributed by atoms with Crippen molar-refractivity contribution >= 4 is 5.91 Å². The van der Waals surface area contributed by atoms with E-state index in [-0.39, 0.29) is 6.04 Å². The molecular weight excluding hydrogens is 316 g/mol. The predicted octanol–water partition coefficient (Wildman–Crippen LogP) is 1.20. The van der Waals surface area contributed by atoms with Gasteiger partial charge in [0.05, 0.1) is 12.6 Å². The van der Waals surface area contributed by atoms with Crippen molar-refractivity contribution in [2.75, 3.05) is 39.3 Å². The third-order valence-electron chi connectivity index (χ3n) is 5.84. The van der Waals surface area contributed by atoms with Gasteiger partial charge in [-0.2, -0.15) is 5.10 Å². The quantitative estimate of drug-likeness (QED) is 0.868. The Bertz CT molecular complexity index is 584. The topological polar surface area (TPSA) is 68.4 Å². The Morgan fingerprint density at radius 2 is 1.84 bits per heavy atom. The van der Waals surface area contributed by atoms with E-state index in [0.717, 1.165) is 70.3 Å². The van der Waals surface area contributed by atoms with E-state index < -0.39 is 0 Å². The summed E-state index contributed by atoms with van der Waals surface area (Å²) in [5, 5.41) is 7.43. The molecule has 0 spiro atoms. The van der Waals surface area contributed by atoms with Gasteiger partial charge in [-0.1, -0.05) is 0 Å². The van der Waals surface area contributed by atoms with E-state index in [2.05, 4.69) is 36.8 Å². The van der Waals surface area contributed by atoms with Gasteiger partial charge in [-0.25, -0.2) is 4.98 Å². The molecule has 0 unspecified atom stereocenters. The number of piperazine rings is 1. The number of piperidine rings is 1. The molecule has 4 rings (SSSR count). The highest BCUT2D eigenvalue weighted by molar-refractivity contribution is 5.81. The molecule has 1 amide bonds. The van der Waals surface area contributed by atoms with E-state index in [0.29, 0.717) is 11.8 Å². The molecule has 7 heteroatoms. The number of carbonyl (C=O) groups excluding carboxylic acids is 1. The Balaban J connectivity index is 1.24. The van der Waals surface area contributed by atoms with Crippen LogP contribution in [-0.2, 0) is 11.3 Å². The number of aromatic amines is 1. The summed E-state index contributed by atoms with van der Waals surface area (Å²) in [6.07, 6.45) is 6.05. The zero-order valence-corrected chi connectivity index (χ0v) is 15.3. The summed E-state index contributed by atoms with van der Waals surface area (Å²) in [6, 6.07) is 0.00648. The highest BCUT2D eigenvalue weighted by Crippen LogP contribution is 2.37. The fraction of sp³-hybridized carbons (Fsp3) is 0.833. The van der Waals surface area contributed by atoms with E-state index in [9.17, 15) is 4.79 Å². The minimum Gasteiger partial charge on any atom is -0.341 e. The maximum atomic E-state index is 12.7. The molecule has 138 valence electrons. The van der Waals surface area contributed by atoms with Crippen molar-refractivity contribution in [3.05, 3.63) is 11.6 Å². The molecule has 3 fully saturated rings. The van der Waals surface area contributed by atoms with Crippen LogP contribution in [0.25, 0.3) is 0 Å². The summed E-state index contributed by atoms with van der Waals surface area (Å²) in [4.78, 5) is 24.1. The van der Waals surface area contributed by atoms with Crippen LogP contribution in [0.1, 0.15) is 56.6 Å². The summed E-state index contributed by atoms with van der Waals surface area (Å²) >= 11 is 0. The van der Waals surface area contributed by atoms with Crippen molar-refractivity contribution < 1.29 is 4.79 Å². The summed E-state index contributed by atoms with van der Waals surface area (Å²) in [5.74, 6) is 2.89. The van der Waals surface area contributed by atoms with Crippen LogP contribution >= 0.6 is 0 Å². The number of likely N-dealkylation sites (tertiary alicyclic amines) is 1. The molecule has 7 nitrogen and oxygen atoms in total. The number of rotatable bonds is 5. The second kappa shape index (κ2) is 7.41. The van der Waals surface area contributed by atoms with Crippen molar-refractivity contribution in [1.29, 1.82) is 0 Å². The molecule has 1 saturated carbocycles. The van der Waals surface area contributed by atoms with Crippen LogP contribution in [0.15, 0.2) is 0 Å². The Kier molecular flexibility index (Phi) is 5.03. The zero-order chi connectivity index (χ0) is 17.2. The normalized spacial score (nSPS) is 24.4. The van der Waals surface area contributed by atoms with Gasteiger partial charge in [0.1, 0.15) is 5.82 Å². The molecule has 0 bridgehead atoms. The lowest BCUT2D eigenvalue weighted by Gasteiger charge is -2.39. The van der Waals surface area contributed by atoms with Crippen LogP contribution in [0.3, 0.4) is 0 Å². The van der Waals surface area contributed by atoms with Crippen LogP contribution in [0, 0.1) is 0 Å². The average molecular weight is 346 g/mol. The first-order valence-electron chi connectivity index (χ1n) is 9.87. The Morgan fingerprint density at radius 1 is 1.12 bits per heavy atom. The van der Waals surface area contributed by atoms with Crippen LogP contribution in [0.5, 0.6) is 0 Å². The minimum absolute atomic E-state index is 0.00648. The van der Waals surface area contributed by atoms with Gasteiger partial charge >= 0.3 is 0 Å². The molecule has 25 heavy (non-hydrogen) atoms. The van der Waals surface area contributed by atoms with Crippen molar-refractivity contribution in [3.8, 4) is 0 Å². The first-order valence-corrected chi connectivity index (χ1v) is 9.87. The molecule has 1 atom stereocenters. The fourth-order valence-corrected chi connectivity index (χ4v) is 3.96. The van der Waals surface area contributed by atoms with Crippen molar-refractivity contribution in [2.24, 2.45) is 0 Å². The average Bonchev–Trinajstić information content (AvgIpc) is 3.41. The van der Waals surface area contributed by atoms with E-state index in [1.54, 1.807) is 0 Å². The highest BCUT2D eigenvalue weighted by atomic mass is 16.2. The molecule has 0 aromatic carbocycles. The summed E-state index contributed by atoms with van der Waals surface area (Å²) < 4.78 is 0. The zero-order valence-electron chi connectivity index (χ0n) is 15.3. The molecule has 3 aliphatic rings. The van der Waals surface area contributed by atoms with Gasteiger partial charge in [0, 0.05) is 45.2 Å². The maximum absolute atomic E-state index is 12.7. The van der Waals surface area contributed by atoms with Crippen LogP contribution < -0.4 is 0 Å². The van der Waals surface area contributed by atoms with Gasteiger partial charge in [-0.3, -0.25) is 19.7 Å². The number of nitrogens with one attached hydrogen (secondary N) is 1. The van der Waals surface area contributed by atoms with E-state index in [1.807, 2.05) is 0 Å². The number of carbonyl (C=O) groups is 1. The smallest absolute Gasteiger partial charge is 0.239 e. The number of amides is 1. The number of hydrogen-bond acceptors (Lipinski definition) is 5. The molecule has 0 radical (unpaired) electrons. The van der Waals surface area contributed by atoms with Crippen molar-refractivity contribution in [1.82, 2.24) is 29.9 Å². The first-order chi connectivity index (χ1) is 12.2. The van der Waals surface area contributed by atoms with Gasteiger partial charge < -0.3 is 4.90 Å². The molecule has 1 aliphatic carbocycles.